The van der Waals surface area contributed by atoms with Crippen LogP contribution >= 0.6 is 11.3 Å². The molecule has 1 saturated heterocycles. The second-order valence-corrected chi connectivity index (χ2v) is 7.61. The van der Waals surface area contributed by atoms with E-state index in [4.69, 9.17) is 4.52 Å². The molecule has 1 aliphatic rings. The van der Waals surface area contributed by atoms with E-state index < -0.39 is 0 Å². The van der Waals surface area contributed by atoms with Gasteiger partial charge in [-0.3, -0.25) is 4.79 Å². The van der Waals surface area contributed by atoms with E-state index in [9.17, 15) is 4.79 Å². The molecule has 1 aliphatic heterocycles. The average molecular weight is 406 g/mol. The van der Waals surface area contributed by atoms with Crippen molar-refractivity contribution in [1.82, 2.24) is 24.6 Å². The van der Waals surface area contributed by atoms with Crippen LogP contribution in [-0.2, 0) is 0 Å². The second-order valence-electron chi connectivity index (χ2n) is 6.66. The molecule has 4 aromatic rings. The van der Waals surface area contributed by atoms with Crippen molar-refractivity contribution in [3.8, 4) is 16.5 Å². The van der Waals surface area contributed by atoms with Gasteiger partial charge in [-0.1, -0.05) is 11.2 Å². The van der Waals surface area contributed by atoms with Crippen LogP contribution in [0.1, 0.15) is 10.5 Å². The SMILES string of the molecule is O=C(c1cc(-c2cccs2)on1)N1CCN(c2cc(-n3cccc3)ncn2)CC1. The number of anilines is 1. The third-order valence-electron chi connectivity index (χ3n) is 4.89. The molecule has 0 atom stereocenters. The van der Waals surface area contributed by atoms with Gasteiger partial charge in [-0.25, -0.2) is 9.97 Å². The first-order valence-corrected chi connectivity index (χ1v) is 10.2. The molecule has 8 nitrogen and oxygen atoms in total. The number of carbonyl (C=O) groups excluding carboxylic acids is 1. The highest BCUT2D eigenvalue weighted by Gasteiger charge is 2.25. The summed E-state index contributed by atoms with van der Waals surface area (Å²) < 4.78 is 7.29. The summed E-state index contributed by atoms with van der Waals surface area (Å²) in [4.78, 5) is 26.5. The summed E-state index contributed by atoms with van der Waals surface area (Å²) in [5.41, 5.74) is 0.346. The molecule has 1 amide bonds. The quantitative estimate of drug-likeness (QED) is 0.518. The van der Waals surface area contributed by atoms with E-state index in [1.165, 1.54) is 0 Å². The Morgan fingerprint density at radius 2 is 1.79 bits per heavy atom. The van der Waals surface area contributed by atoms with Gasteiger partial charge in [0.25, 0.3) is 5.91 Å². The molecule has 0 radical (unpaired) electrons. The van der Waals surface area contributed by atoms with Crippen molar-refractivity contribution in [2.45, 2.75) is 0 Å². The van der Waals surface area contributed by atoms with E-state index in [1.54, 1.807) is 28.6 Å². The van der Waals surface area contributed by atoms with Gasteiger partial charge < -0.3 is 18.9 Å². The summed E-state index contributed by atoms with van der Waals surface area (Å²) in [5.74, 6) is 2.20. The van der Waals surface area contributed by atoms with E-state index in [0.29, 0.717) is 37.6 Å². The average Bonchev–Trinajstić information content (AvgIpc) is 3.55. The highest BCUT2D eigenvalue weighted by molar-refractivity contribution is 7.13. The van der Waals surface area contributed by atoms with Crippen molar-refractivity contribution < 1.29 is 9.32 Å². The largest absolute Gasteiger partial charge is 0.355 e. The van der Waals surface area contributed by atoms with Crippen molar-refractivity contribution in [2.75, 3.05) is 31.1 Å². The van der Waals surface area contributed by atoms with Crippen molar-refractivity contribution in [1.29, 1.82) is 0 Å². The Labute approximate surface area is 171 Å². The Kier molecular flexibility index (Phi) is 4.57. The summed E-state index contributed by atoms with van der Waals surface area (Å²) in [6.45, 7) is 2.60. The van der Waals surface area contributed by atoms with Gasteiger partial charge in [0.05, 0.1) is 4.88 Å². The monoisotopic (exact) mass is 406 g/mol. The zero-order chi connectivity index (χ0) is 19.6. The van der Waals surface area contributed by atoms with E-state index >= 15 is 0 Å². The Morgan fingerprint density at radius 3 is 2.55 bits per heavy atom. The predicted molar refractivity (Wildman–Crippen MR) is 109 cm³/mol. The lowest BCUT2D eigenvalue weighted by atomic mass is 10.2. The van der Waals surface area contributed by atoms with Crippen molar-refractivity contribution in [3.63, 3.8) is 0 Å². The van der Waals surface area contributed by atoms with Crippen LogP contribution in [0.25, 0.3) is 16.5 Å². The molecule has 0 aliphatic carbocycles. The van der Waals surface area contributed by atoms with Gasteiger partial charge in [-0.2, -0.15) is 0 Å². The van der Waals surface area contributed by atoms with Gasteiger partial charge >= 0.3 is 0 Å². The lowest BCUT2D eigenvalue weighted by Crippen LogP contribution is -2.49. The van der Waals surface area contributed by atoms with Gasteiger partial charge in [0, 0.05) is 50.7 Å². The molecule has 29 heavy (non-hydrogen) atoms. The number of aromatic nitrogens is 4. The molecule has 146 valence electrons. The third kappa shape index (κ3) is 3.52. The molecule has 5 rings (SSSR count). The minimum absolute atomic E-state index is 0.105. The number of carbonyl (C=O) groups is 1. The summed E-state index contributed by atoms with van der Waals surface area (Å²) >= 11 is 1.56. The maximum atomic E-state index is 12.8. The number of nitrogens with zero attached hydrogens (tertiary/aromatic N) is 6. The van der Waals surface area contributed by atoms with Crippen LogP contribution in [0.4, 0.5) is 5.82 Å². The maximum absolute atomic E-state index is 12.8. The molecule has 0 spiro atoms. The first kappa shape index (κ1) is 17.6. The number of rotatable bonds is 4. The van der Waals surface area contributed by atoms with Crippen LogP contribution in [-0.4, -0.2) is 56.7 Å². The number of hydrogen-bond acceptors (Lipinski definition) is 7. The van der Waals surface area contributed by atoms with Crippen LogP contribution in [0.15, 0.2) is 65.0 Å². The molecule has 0 aromatic carbocycles. The number of piperazine rings is 1. The molecule has 0 saturated carbocycles. The lowest BCUT2D eigenvalue weighted by molar-refractivity contribution is 0.0736. The normalized spacial score (nSPS) is 14.3. The van der Waals surface area contributed by atoms with Gasteiger partial charge in [0.15, 0.2) is 11.5 Å². The standard InChI is InChI=1S/C20H18N6O2S/c27-20(15-12-16(28-23-15)17-4-3-11-29-17)26-9-7-25(8-10-26)19-13-18(21-14-22-19)24-5-1-2-6-24/h1-6,11-14H,7-10H2. The predicted octanol–water partition coefficient (Wildman–Crippen LogP) is 2.95. The van der Waals surface area contributed by atoms with Gasteiger partial charge in [-0.15, -0.1) is 11.3 Å². The van der Waals surface area contributed by atoms with E-state index in [0.717, 1.165) is 16.5 Å². The first-order valence-electron chi connectivity index (χ1n) is 9.28. The van der Waals surface area contributed by atoms with E-state index in [-0.39, 0.29) is 5.91 Å². The molecule has 4 aromatic heterocycles. The molecular weight excluding hydrogens is 388 g/mol. The second kappa shape index (κ2) is 7.51. The topological polar surface area (TPSA) is 80.3 Å². The fourth-order valence-corrected chi connectivity index (χ4v) is 4.02. The van der Waals surface area contributed by atoms with Crippen molar-refractivity contribution >= 4 is 23.1 Å². The minimum atomic E-state index is -0.105. The summed E-state index contributed by atoms with van der Waals surface area (Å²) in [6.07, 6.45) is 5.47. The fraction of sp³-hybridized carbons (Fsp3) is 0.200. The van der Waals surface area contributed by atoms with Crippen LogP contribution < -0.4 is 4.90 Å². The Bertz CT molecular complexity index is 1100. The molecule has 9 heteroatoms. The molecule has 1 fully saturated rings. The molecular formula is C20H18N6O2S. The van der Waals surface area contributed by atoms with Crippen LogP contribution in [0.5, 0.6) is 0 Å². The molecule has 5 heterocycles. The van der Waals surface area contributed by atoms with Crippen LogP contribution in [0, 0.1) is 0 Å². The smallest absolute Gasteiger partial charge is 0.276 e. The van der Waals surface area contributed by atoms with Gasteiger partial charge in [-0.05, 0) is 23.6 Å². The Morgan fingerprint density at radius 1 is 1.00 bits per heavy atom. The van der Waals surface area contributed by atoms with Crippen molar-refractivity contribution in [3.05, 3.63) is 66.2 Å². The van der Waals surface area contributed by atoms with E-state index in [2.05, 4.69) is 20.0 Å². The Balaban J connectivity index is 1.25. The number of amides is 1. The van der Waals surface area contributed by atoms with Gasteiger partial charge in [0.2, 0.25) is 0 Å². The zero-order valence-electron chi connectivity index (χ0n) is 15.5. The van der Waals surface area contributed by atoms with Gasteiger partial charge in [0.1, 0.15) is 18.0 Å². The van der Waals surface area contributed by atoms with Crippen molar-refractivity contribution in [2.24, 2.45) is 0 Å². The first-order chi connectivity index (χ1) is 14.3. The highest BCUT2D eigenvalue weighted by atomic mass is 32.1. The fourth-order valence-electron chi connectivity index (χ4n) is 3.35. The zero-order valence-corrected chi connectivity index (χ0v) is 16.3. The molecule has 0 N–H and O–H groups in total. The molecule has 0 bridgehead atoms. The van der Waals surface area contributed by atoms with Crippen LogP contribution in [0.2, 0.25) is 0 Å². The summed E-state index contributed by atoms with van der Waals surface area (Å²) in [6, 6.07) is 11.5. The number of thiophene rings is 1. The number of hydrogen-bond donors (Lipinski definition) is 0. The van der Waals surface area contributed by atoms with E-state index in [1.807, 2.05) is 52.7 Å². The lowest BCUT2D eigenvalue weighted by Gasteiger charge is -2.35. The van der Waals surface area contributed by atoms with Crippen LogP contribution in [0.3, 0.4) is 0 Å². The summed E-state index contributed by atoms with van der Waals surface area (Å²) in [7, 11) is 0. The summed E-state index contributed by atoms with van der Waals surface area (Å²) in [5, 5.41) is 5.93. The minimum Gasteiger partial charge on any atom is -0.355 e. The maximum Gasteiger partial charge on any atom is 0.276 e. The Hall–Kier alpha value is -3.46. The molecule has 0 unspecified atom stereocenters. The highest BCUT2D eigenvalue weighted by Crippen LogP contribution is 2.26. The third-order valence-corrected chi connectivity index (χ3v) is 5.78.